The van der Waals surface area contributed by atoms with Crippen molar-refractivity contribution in [3.8, 4) is 0 Å². The minimum Gasteiger partial charge on any atom is -0.481 e. The molecular weight excluding hydrogens is 482 g/mol. The van der Waals surface area contributed by atoms with Gasteiger partial charge >= 0.3 is 17.3 Å². The van der Waals surface area contributed by atoms with Gasteiger partial charge in [-0.25, -0.2) is 19.1 Å². The van der Waals surface area contributed by atoms with Crippen molar-refractivity contribution in [2.24, 2.45) is 4.99 Å². The molecule has 2 aromatic carbocycles. The number of halogens is 1. The van der Waals surface area contributed by atoms with Crippen LogP contribution in [0.1, 0.15) is 49.0 Å². The molecule has 0 radical (unpaired) electrons. The molecule has 0 unspecified atom stereocenters. The molecule has 2 heterocycles. The molecule has 1 atom stereocenters. The molecule has 10 heteroatoms. The molecule has 0 spiro atoms. The summed E-state index contributed by atoms with van der Waals surface area (Å²) < 4.78 is 2.27. The second-order valence-corrected chi connectivity index (χ2v) is 9.63. The molecule has 1 aliphatic rings. The van der Waals surface area contributed by atoms with E-state index in [4.69, 9.17) is 11.6 Å². The first kappa shape index (κ1) is 23.9. The molecule has 3 N–H and O–H groups in total. The summed E-state index contributed by atoms with van der Waals surface area (Å²) in [6, 6.07) is 11.9. The summed E-state index contributed by atoms with van der Waals surface area (Å²) in [4.78, 5) is 48.5. The van der Waals surface area contributed by atoms with Crippen molar-refractivity contribution in [3.63, 3.8) is 0 Å². The normalized spacial score (nSPS) is 14.7. The predicted molar refractivity (Wildman–Crippen MR) is 137 cm³/mol. The number of nitrogens with one attached hydrogen (secondary N) is 2. The highest BCUT2D eigenvalue weighted by atomic mass is 35.5. The first-order valence-corrected chi connectivity index (χ1v) is 12.3. The number of carboxylic acids is 1. The van der Waals surface area contributed by atoms with Crippen molar-refractivity contribution in [2.75, 3.05) is 0 Å². The van der Waals surface area contributed by atoms with E-state index in [0.29, 0.717) is 10.7 Å². The summed E-state index contributed by atoms with van der Waals surface area (Å²) in [5, 5.41) is 10.9. The second kappa shape index (κ2) is 9.66. The number of carbonyl (C=O) groups is 1. The van der Waals surface area contributed by atoms with Gasteiger partial charge < -0.3 is 10.1 Å². The fourth-order valence-corrected chi connectivity index (χ4v) is 4.98. The van der Waals surface area contributed by atoms with Crippen LogP contribution in [-0.4, -0.2) is 30.2 Å². The van der Waals surface area contributed by atoms with Crippen LogP contribution < -0.4 is 17.0 Å². The molecular formula is C26H26ClN5O4. The monoisotopic (exact) mass is 507 g/mol. The van der Waals surface area contributed by atoms with Crippen LogP contribution in [0.2, 0.25) is 5.02 Å². The number of nitrogens with zero attached hydrogens (tertiary/aromatic N) is 3. The summed E-state index contributed by atoms with van der Waals surface area (Å²) in [5.41, 5.74) is 3.72. The van der Waals surface area contributed by atoms with Crippen molar-refractivity contribution < 1.29 is 9.90 Å². The number of aromatic nitrogens is 4. The van der Waals surface area contributed by atoms with Crippen molar-refractivity contribution in [1.29, 1.82) is 0 Å². The number of H-pyrrole nitrogens is 2. The standard InChI is InChI=1S/C26H26ClN5O4/c1-15(12-23(33)34)32-25(35)30-24(31(26(32)36)14-16-6-8-17(27)9-7-16)28-18-10-11-22-20(13-18)19-4-2-3-5-21(19)29-22/h6-11,13,15,29H,2-5,12,14H2,1H3,(H,33,34)(H,28,30,35)/t15-/m0/s1. The van der Waals surface area contributed by atoms with Crippen LogP contribution >= 0.6 is 11.6 Å². The Morgan fingerprint density at radius 2 is 1.86 bits per heavy atom. The lowest BCUT2D eigenvalue weighted by molar-refractivity contribution is -0.137. The predicted octanol–water partition coefficient (Wildman–Crippen LogP) is 3.67. The first-order valence-electron chi connectivity index (χ1n) is 11.9. The van der Waals surface area contributed by atoms with Gasteiger partial charge in [0.1, 0.15) is 0 Å². The summed E-state index contributed by atoms with van der Waals surface area (Å²) in [6.45, 7) is 1.64. The van der Waals surface area contributed by atoms with Crippen molar-refractivity contribution in [1.82, 2.24) is 19.1 Å². The Balaban J connectivity index is 1.67. The summed E-state index contributed by atoms with van der Waals surface area (Å²) >= 11 is 6.01. The molecule has 0 saturated heterocycles. The average molecular weight is 508 g/mol. The maximum atomic E-state index is 13.5. The number of hydrogen-bond donors (Lipinski definition) is 3. The quantitative estimate of drug-likeness (QED) is 0.368. The Labute approximate surface area is 210 Å². The van der Waals surface area contributed by atoms with E-state index >= 15 is 0 Å². The lowest BCUT2D eigenvalue weighted by Gasteiger charge is -2.15. The van der Waals surface area contributed by atoms with Crippen molar-refractivity contribution >= 4 is 34.2 Å². The second-order valence-electron chi connectivity index (χ2n) is 9.20. The molecule has 5 rings (SSSR count). The third-order valence-corrected chi connectivity index (χ3v) is 6.86. The molecule has 0 fully saturated rings. The zero-order valence-electron chi connectivity index (χ0n) is 19.8. The lowest BCUT2D eigenvalue weighted by Crippen LogP contribution is -2.51. The smallest absolute Gasteiger partial charge is 0.335 e. The van der Waals surface area contributed by atoms with Gasteiger partial charge in [0.05, 0.1) is 24.7 Å². The van der Waals surface area contributed by atoms with E-state index in [1.165, 1.54) is 29.2 Å². The van der Waals surface area contributed by atoms with Gasteiger partial charge in [-0.2, -0.15) is 0 Å². The van der Waals surface area contributed by atoms with Crippen LogP contribution in [0.4, 0.5) is 5.69 Å². The average Bonchev–Trinajstić information content (AvgIpc) is 3.20. The van der Waals surface area contributed by atoms with Crippen LogP contribution in [0.25, 0.3) is 10.9 Å². The third kappa shape index (κ3) is 4.66. The Morgan fingerprint density at radius 3 is 2.61 bits per heavy atom. The molecule has 0 bridgehead atoms. The highest BCUT2D eigenvalue weighted by Gasteiger charge is 2.18. The topological polar surface area (TPSA) is 125 Å². The number of fused-ring (bicyclic) bond motifs is 3. The van der Waals surface area contributed by atoms with Gasteiger partial charge in [-0.05, 0) is 74.1 Å². The zero-order valence-corrected chi connectivity index (χ0v) is 20.5. The minimum absolute atomic E-state index is 0.0856. The van der Waals surface area contributed by atoms with Gasteiger partial charge in [0.2, 0.25) is 5.62 Å². The number of aromatic amines is 2. The number of carboxylic acid groups (broad SMARTS) is 1. The van der Waals surface area contributed by atoms with E-state index in [-0.39, 0.29) is 18.6 Å². The van der Waals surface area contributed by atoms with Crippen molar-refractivity contribution in [3.05, 3.63) is 90.9 Å². The number of rotatable bonds is 6. The molecule has 2 aromatic heterocycles. The van der Waals surface area contributed by atoms with Gasteiger partial charge in [-0.15, -0.1) is 0 Å². The lowest BCUT2D eigenvalue weighted by atomic mass is 9.95. The fourth-order valence-electron chi connectivity index (χ4n) is 4.85. The molecule has 4 aromatic rings. The largest absolute Gasteiger partial charge is 0.481 e. The first-order chi connectivity index (χ1) is 17.3. The van der Waals surface area contributed by atoms with Gasteiger partial charge in [0, 0.05) is 21.6 Å². The van der Waals surface area contributed by atoms with E-state index in [9.17, 15) is 19.5 Å². The molecule has 0 amide bonds. The summed E-state index contributed by atoms with van der Waals surface area (Å²) in [7, 11) is 0. The van der Waals surface area contributed by atoms with Gasteiger partial charge in [-0.1, -0.05) is 23.7 Å². The third-order valence-electron chi connectivity index (χ3n) is 6.61. The zero-order chi connectivity index (χ0) is 25.4. The number of benzene rings is 2. The van der Waals surface area contributed by atoms with Gasteiger partial charge in [0.15, 0.2) is 0 Å². The number of hydrogen-bond acceptors (Lipinski definition) is 4. The van der Waals surface area contributed by atoms with E-state index < -0.39 is 23.4 Å². The molecule has 0 saturated carbocycles. The number of aliphatic carboxylic acids is 1. The molecule has 0 aliphatic heterocycles. The van der Waals surface area contributed by atoms with Crippen LogP contribution in [-0.2, 0) is 24.2 Å². The molecule has 9 nitrogen and oxygen atoms in total. The highest BCUT2D eigenvalue weighted by Crippen LogP contribution is 2.31. The van der Waals surface area contributed by atoms with Crippen LogP contribution in [0, 0.1) is 0 Å². The maximum absolute atomic E-state index is 13.5. The molecule has 1 aliphatic carbocycles. The molecule has 186 valence electrons. The minimum atomic E-state index is -1.10. The Hall–Kier alpha value is -3.85. The number of aryl methyl sites for hydroxylation is 2. The van der Waals surface area contributed by atoms with E-state index in [1.54, 1.807) is 24.3 Å². The maximum Gasteiger partial charge on any atom is 0.335 e. The van der Waals surface area contributed by atoms with Crippen LogP contribution in [0.15, 0.2) is 57.0 Å². The summed E-state index contributed by atoms with van der Waals surface area (Å²) in [6.07, 6.45) is 3.97. The van der Waals surface area contributed by atoms with Gasteiger partial charge in [0.25, 0.3) is 0 Å². The van der Waals surface area contributed by atoms with Crippen molar-refractivity contribution in [2.45, 2.75) is 51.6 Å². The Kier molecular flexibility index (Phi) is 6.40. The summed E-state index contributed by atoms with van der Waals surface area (Å²) in [5.74, 6) is -1.10. The Bertz CT molecular complexity index is 1640. The fraction of sp³-hybridized carbons (Fsp3) is 0.308. The van der Waals surface area contributed by atoms with Crippen LogP contribution in [0.5, 0.6) is 0 Å². The Morgan fingerprint density at radius 1 is 1.11 bits per heavy atom. The van der Waals surface area contributed by atoms with E-state index in [2.05, 4.69) is 15.0 Å². The molecule has 36 heavy (non-hydrogen) atoms. The van der Waals surface area contributed by atoms with E-state index in [0.717, 1.165) is 40.3 Å². The SMILES string of the molecule is C[C@@H](CC(=O)O)n1c(=O)[nH]/c(=N\c2ccc3[nH]c4c(c3c2)CCCC4)n(Cc2ccc(Cl)cc2)c1=O. The highest BCUT2D eigenvalue weighted by molar-refractivity contribution is 6.30. The van der Waals surface area contributed by atoms with E-state index in [1.807, 2.05) is 18.2 Å². The van der Waals surface area contributed by atoms with Crippen LogP contribution in [0.3, 0.4) is 0 Å². The van der Waals surface area contributed by atoms with Gasteiger partial charge in [-0.3, -0.25) is 14.3 Å².